The number of hydrogen-bond acceptors (Lipinski definition) is 4. The zero-order valence-corrected chi connectivity index (χ0v) is 22.1. The van der Waals surface area contributed by atoms with Crippen LogP contribution in [0.25, 0.3) is 10.9 Å². The Hall–Kier alpha value is -2.32. The van der Waals surface area contributed by atoms with Crippen molar-refractivity contribution in [2.45, 2.75) is 55.0 Å². The summed E-state index contributed by atoms with van der Waals surface area (Å²) in [6.07, 6.45) is 4.59. The molecule has 0 bridgehead atoms. The van der Waals surface area contributed by atoms with E-state index >= 15 is 0 Å². The summed E-state index contributed by atoms with van der Waals surface area (Å²) in [5, 5.41) is 16.7. The molecule has 3 N–H and O–H groups in total. The third-order valence-electron chi connectivity index (χ3n) is 7.83. The van der Waals surface area contributed by atoms with Crippen LogP contribution in [0.2, 0.25) is 5.02 Å². The molecule has 1 aliphatic carbocycles. The van der Waals surface area contributed by atoms with Gasteiger partial charge in [0.25, 0.3) is 5.91 Å². The Morgan fingerprint density at radius 3 is 2.80 bits per heavy atom. The Bertz CT molecular complexity index is 1230. The highest BCUT2D eigenvalue weighted by atomic mass is 127. The molecule has 1 saturated carbocycles. The lowest BCUT2D eigenvalue weighted by atomic mass is 9.67. The number of alkyl halides is 1. The summed E-state index contributed by atoms with van der Waals surface area (Å²) in [5.41, 5.74) is 2.08. The number of halogens is 2. The van der Waals surface area contributed by atoms with Crippen LogP contribution in [0.15, 0.2) is 18.2 Å². The molecule has 3 fully saturated rings. The molecule has 3 amide bonds. The van der Waals surface area contributed by atoms with Gasteiger partial charge >= 0.3 is 0 Å². The Kier molecular flexibility index (Phi) is 6.70. The van der Waals surface area contributed by atoms with Crippen molar-refractivity contribution < 1.29 is 14.4 Å². The van der Waals surface area contributed by atoms with Gasteiger partial charge in [0.15, 0.2) is 0 Å². The number of hydrogen-bond donors (Lipinski definition) is 3. The molecule has 35 heavy (non-hydrogen) atoms. The molecular formula is C25H27ClIN5O3. The van der Waals surface area contributed by atoms with Gasteiger partial charge in [-0.15, -0.1) is 0 Å². The van der Waals surface area contributed by atoms with E-state index in [1.807, 2.05) is 12.1 Å². The van der Waals surface area contributed by atoms with E-state index in [9.17, 15) is 19.6 Å². The number of carbonyl (C=O) groups is 3. The fourth-order valence-corrected chi connectivity index (χ4v) is 6.84. The second-order valence-electron chi connectivity index (χ2n) is 10.0. The molecule has 1 aromatic heterocycles. The average Bonchev–Trinajstić information content (AvgIpc) is 3.55. The Labute approximate surface area is 222 Å². The van der Waals surface area contributed by atoms with Crippen LogP contribution in [0, 0.1) is 22.7 Å². The van der Waals surface area contributed by atoms with Gasteiger partial charge < -0.3 is 20.5 Å². The molecule has 3 heterocycles. The van der Waals surface area contributed by atoms with E-state index in [-0.39, 0.29) is 35.5 Å². The highest BCUT2D eigenvalue weighted by Crippen LogP contribution is 2.50. The van der Waals surface area contributed by atoms with Crippen molar-refractivity contribution in [1.29, 1.82) is 5.26 Å². The predicted molar refractivity (Wildman–Crippen MR) is 140 cm³/mol. The van der Waals surface area contributed by atoms with Crippen LogP contribution in [0.5, 0.6) is 0 Å². The number of aromatic amines is 1. The van der Waals surface area contributed by atoms with Crippen LogP contribution >= 0.6 is 34.2 Å². The molecule has 2 saturated heterocycles. The van der Waals surface area contributed by atoms with Gasteiger partial charge in [0, 0.05) is 28.8 Å². The second kappa shape index (κ2) is 9.62. The van der Waals surface area contributed by atoms with Crippen LogP contribution in [-0.4, -0.2) is 52.8 Å². The van der Waals surface area contributed by atoms with E-state index in [1.54, 1.807) is 11.0 Å². The highest BCUT2D eigenvalue weighted by molar-refractivity contribution is 14.1. The van der Waals surface area contributed by atoms with Crippen molar-refractivity contribution in [2.75, 3.05) is 13.1 Å². The summed E-state index contributed by atoms with van der Waals surface area (Å²) < 4.78 is 0.758. The first-order valence-electron chi connectivity index (χ1n) is 12.0. The number of nitrogens with one attached hydrogen (secondary N) is 3. The third-order valence-corrected chi connectivity index (χ3v) is 9.08. The topological polar surface area (TPSA) is 118 Å². The van der Waals surface area contributed by atoms with Crippen molar-refractivity contribution >= 4 is 62.8 Å². The quantitative estimate of drug-likeness (QED) is 0.343. The number of amides is 3. The summed E-state index contributed by atoms with van der Waals surface area (Å²) in [4.78, 5) is 43.8. The Morgan fingerprint density at radius 1 is 1.37 bits per heavy atom. The van der Waals surface area contributed by atoms with Gasteiger partial charge in [-0.3, -0.25) is 14.4 Å². The van der Waals surface area contributed by atoms with Crippen LogP contribution in [0.3, 0.4) is 0 Å². The number of H-pyrrole nitrogens is 1. The highest BCUT2D eigenvalue weighted by Gasteiger charge is 2.52. The molecule has 0 radical (unpaired) electrons. The number of rotatable bonds is 6. The lowest BCUT2D eigenvalue weighted by Crippen LogP contribution is -2.49. The summed E-state index contributed by atoms with van der Waals surface area (Å²) in [7, 11) is 0. The zero-order chi connectivity index (χ0) is 24.7. The summed E-state index contributed by atoms with van der Waals surface area (Å²) in [5.74, 6) is -0.911. The molecule has 2 aliphatic heterocycles. The van der Waals surface area contributed by atoms with Crippen LogP contribution in [-0.2, 0) is 14.0 Å². The summed E-state index contributed by atoms with van der Waals surface area (Å²) in [6.45, 7) is 1.12. The minimum atomic E-state index is -0.773. The van der Waals surface area contributed by atoms with Crippen LogP contribution in [0.4, 0.5) is 0 Å². The molecule has 184 valence electrons. The standard InChI is InChI=1S/C25H27ClIN5O3/c26-20-16(11-27)3-2-14-9-18(31-21(14)20)24(35)32-13-25(5-1-6-25)10-19(32)23(34)30-17(12-28)8-15-4-7-29-22(15)33/h2-3,9,15,17,19,31H,1,4-8,10-11,13H2,(H,29,33)(H,30,34). The van der Waals surface area contributed by atoms with E-state index in [0.717, 1.165) is 40.2 Å². The summed E-state index contributed by atoms with van der Waals surface area (Å²) in [6, 6.07) is 6.40. The van der Waals surface area contributed by atoms with Crippen molar-refractivity contribution in [3.05, 3.63) is 34.5 Å². The van der Waals surface area contributed by atoms with Crippen molar-refractivity contribution in [1.82, 2.24) is 20.5 Å². The Morgan fingerprint density at radius 2 is 2.17 bits per heavy atom. The number of carbonyl (C=O) groups excluding carboxylic acids is 3. The van der Waals surface area contributed by atoms with Gasteiger partial charge in [0.05, 0.1) is 16.6 Å². The van der Waals surface area contributed by atoms with Gasteiger partial charge in [-0.2, -0.15) is 5.26 Å². The number of nitriles is 1. The maximum Gasteiger partial charge on any atom is 0.271 e. The van der Waals surface area contributed by atoms with Gasteiger partial charge in [0.1, 0.15) is 17.8 Å². The first kappa shape index (κ1) is 24.4. The predicted octanol–water partition coefficient (Wildman–Crippen LogP) is 3.68. The largest absolute Gasteiger partial charge is 0.356 e. The molecule has 1 aromatic carbocycles. The first-order chi connectivity index (χ1) is 16.8. The normalized spacial score (nSPS) is 23.7. The minimum absolute atomic E-state index is 0.0385. The van der Waals surface area contributed by atoms with Crippen molar-refractivity contribution in [2.24, 2.45) is 11.3 Å². The Balaban J connectivity index is 1.37. The number of fused-ring (bicyclic) bond motifs is 1. The van der Waals surface area contributed by atoms with E-state index in [2.05, 4.69) is 44.3 Å². The van der Waals surface area contributed by atoms with Gasteiger partial charge in [-0.05, 0) is 49.1 Å². The molecule has 5 rings (SSSR count). The lowest BCUT2D eigenvalue weighted by Gasteiger charge is -2.37. The summed E-state index contributed by atoms with van der Waals surface area (Å²) >= 11 is 8.80. The molecule has 10 heteroatoms. The fourth-order valence-electron chi connectivity index (χ4n) is 5.69. The minimum Gasteiger partial charge on any atom is -0.356 e. The number of nitrogens with zero attached hydrogens (tertiary/aromatic N) is 2. The fraction of sp³-hybridized carbons (Fsp3) is 0.520. The molecule has 3 unspecified atom stereocenters. The number of likely N-dealkylation sites (tertiary alicyclic amines) is 1. The SMILES string of the molecule is N#CC(CC1CCNC1=O)NC(=O)C1CC2(CCC2)CN1C(=O)c1cc2ccc(CI)c(Cl)c2[nH]1. The monoisotopic (exact) mass is 607 g/mol. The van der Waals surface area contributed by atoms with Crippen LogP contribution in [0.1, 0.15) is 54.6 Å². The maximum absolute atomic E-state index is 13.7. The van der Waals surface area contributed by atoms with Gasteiger partial charge in [-0.25, -0.2) is 0 Å². The third kappa shape index (κ3) is 4.51. The molecule has 3 atom stereocenters. The van der Waals surface area contributed by atoms with Gasteiger partial charge in [0.2, 0.25) is 11.8 Å². The molecular weight excluding hydrogens is 581 g/mol. The number of benzene rings is 1. The smallest absolute Gasteiger partial charge is 0.271 e. The van der Waals surface area contributed by atoms with Crippen molar-refractivity contribution in [3.8, 4) is 6.07 Å². The molecule has 1 spiro atoms. The zero-order valence-electron chi connectivity index (χ0n) is 19.2. The number of aromatic nitrogens is 1. The van der Waals surface area contributed by atoms with E-state index in [1.165, 1.54) is 0 Å². The van der Waals surface area contributed by atoms with E-state index in [4.69, 9.17) is 11.6 Å². The van der Waals surface area contributed by atoms with Gasteiger partial charge in [-0.1, -0.05) is 52.7 Å². The average molecular weight is 608 g/mol. The van der Waals surface area contributed by atoms with Crippen molar-refractivity contribution in [3.63, 3.8) is 0 Å². The maximum atomic E-state index is 13.7. The van der Waals surface area contributed by atoms with E-state index < -0.39 is 12.1 Å². The first-order valence-corrected chi connectivity index (χ1v) is 13.9. The lowest BCUT2D eigenvalue weighted by molar-refractivity contribution is -0.126. The second-order valence-corrected chi connectivity index (χ2v) is 11.2. The molecule has 3 aliphatic rings. The molecule has 8 nitrogen and oxygen atoms in total. The van der Waals surface area contributed by atoms with Crippen LogP contribution < -0.4 is 10.6 Å². The van der Waals surface area contributed by atoms with E-state index in [0.29, 0.717) is 36.6 Å². The molecule has 2 aromatic rings.